The Morgan fingerprint density at radius 1 is 1.25 bits per heavy atom. The molecule has 4 heteroatoms. The average Bonchev–Trinajstić information content (AvgIpc) is 2.51. The first kappa shape index (κ1) is 13.2. The van der Waals surface area contributed by atoms with Gasteiger partial charge in [0, 0.05) is 43.3 Å². The van der Waals surface area contributed by atoms with Gasteiger partial charge < -0.3 is 0 Å². The fourth-order valence-electron chi connectivity index (χ4n) is 2.90. The molecule has 0 N–H and O–H groups in total. The summed E-state index contributed by atoms with van der Waals surface area (Å²) >= 11 is 0. The molecule has 2 aromatic rings. The Bertz CT molecular complexity index is 555. The number of piperidine rings is 1. The van der Waals surface area contributed by atoms with Gasteiger partial charge in [0.2, 0.25) is 0 Å². The summed E-state index contributed by atoms with van der Waals surface area (Å²) in [6.07, 6.45) is 9.78. The molecule has 0 bridgehead atoms. The molecule has 1 fully saturated rings. The first-order chi connectivity index (χ1) is 9.83. The molecule has 3 rings (SSSR count). The number of nitrogens with zero attached hydrogens (tertiary/aromatic N) is 4. The lowest BCUT2D eigenvalue weighted by Crippen LogP contribution is -2.34. The van der Waals surface area contributed by atoms with Gasteiger partial charge in [0.25, 0.3) is 0 Å². The summed E-state index contributed by atoms with van der Waals surface area (Å²) in [4.78, 5) is 15.1. The summed E-state index contributed by atoms with van der Waals surface area (Å²) in [5, 5.41) is 0. The van der Waals surface area contributed by atoms with E-state index < -0.39 is 0 Å². The third-order valence-corrected chi connectivity index (χ3v) is 4.06. The molecule has 0 spiro atoms. The predicted octanol–water partition coefficient (Wildman–Crippen LogP) is 2.56. The van der Waals surface area contributed by atoms with Crippen LogP contribution in [0.25, 0.3) is 0 Å². The maximum absolute atomic E-state index is 4.41. The van der Waals surface area contributed by atoms with Crippen LogP contribution in [0.2, 0.25) is 0 Å². The predicted molar refractivity (Wildman–Crippen MR) is 78.3 cm³/mol. The Kier molecular flexibility index (Phi) is 4.02. The zero-order chi connectivity index (χ0) is 13.8. The Morgan fingerprint density at radius 3 is 2.95 bits per heavy atom. The van der Waals surface area contributed by atoms with Crippen molar-refractivity contribution in [2.45, 2.75) is 32.2 Å². The molecule has 2 aromatic heterocycles. The molecule has 20 heavy (non-hydrogen) atoms. The normalized spacial score (nSPS) is 19.9. The maximum Gasteiger partial charge on any atom is 0.115 e. The van der Waals surface area contributed by atoms with E-state index in [0.717, 1.165) is 13.1 Å². The van der Waals surface area contributed by atoms with E-state index in [-0.39, 0.29) is 0 Å². The van der Waals surface area contributed by atoms with Crippen LogP contribution in [0.4, 0.5) is 0 Å². The highest BCUT2D eigenvalue weighted by molar-refractivity contribution is 5.21. The first-order valence-electron chi connectivity index (χ1n) is 7.20. The van der Waals surface area contributed by atoms with Crippen LogP contribution in [0.1, 0.15) is 35.6 Å². The van der Waals surface area contributed by atoms with Crippen LogP contribution in [0, 0.1) is 6.92 Å². The smallest absolute Gasteiger partial charge is 0.115 e. The zero-order valence-electron chi connectivity index (χ0n) is 11.9. The van der Waals surface area contributed by atoms with Crippen molar-refractivity contribution in [2.75, 3.05) is 13.1 Å². The third kappa shape index (κ3) is 3.02. The van der Waals surface area contributed by atoms with Gasteiger partial charge in [0.1, 0.15) is 6.33 Å². The fourth-order valence-corrected chi connectivity index (χ4v) is 2.90. The molecule has 1 saturated heterocycles. The van der Waals surface area contributed by atoms with Crippen molar-refractivity contribution in [3.8, 4) is 0 Å². The van der Waals surface area contributed by atoms with Crippen molar-refractivity contribution < 1.29 is 0 Å². The largest absolute Gasteiger partial charge is 0.298 e. The van der Waals surface area contributed by atoms with E-state index in [1.165, 1.54) is 36.2 Å². The maximum atomic E-state index is 4.41. The summed E-state index contributed by atoms with van der Waals surface area (Å²) in [7, 11) is 0. The summed E-state index contributed by atoms with van der Waals surface area (Å²) in [5.74, 6) is 0.536. The van der Waals surface area contributed by atoms with Crippen molar-refractivity contribution >= 4 is 0 Å². The highest BCUT2D eigenvalue weighted by Gasteiger charge is 2.22. The van der Waals surface area contributed by atoms with Crippen LogP contribution >= 0.6 is 0 Å². The number of rotatable bonds is 3. The molecule has 1 aliphatic rings. The summed E-state index contributed by atoms with van der Waals surface area (Å²) < 4.78 is 0. The number of hydrogen-bond donors (Lipinski definition) is 0. The molecule has 0 saturated carbocycles. The van der Waals surface area contributed by atoms with Crippen molar-refractivity contribution in [1.82, 2.24) is 19.9 Å². The van der Waals surface area contributed by atoms with Crippen LogP contribution in [0.5, 0.6) is 0 Å². The number of aryl methyl sites for hydroxylation is 1. The van der Waals surface area contributed by atoms with Gasteiger partial charge in [-0.3, -0.25) is 9.88 Å². The zero-order valence-corrected chi connectivity index (χ0v) is 11.9. The van der Waals surface area contributed by atoms with Crippen molar-refractivity contribution in [3.05, 3.63) is 53.9 Å². The molecule has 0 aromatic carbocycles. The van der Waals surface area contributed by atoms with E-state index in [2.05, 4.69) is 32.8 Å². The van der Waals surface area contributed by atoms with Crippen molar-refractivity contribution in [2.24, 2.45) is 0 Å². The number of aromatic nitrogens is 3. The van der Waals surface area contributed by atoms with Gasteiger partial charge in [0.05, 0.1) is 0 Å². The second-order valence-corrected chi connectivity index (χ2v) is 5.51. The molecule has 0 amide bonds. The van der Waals surface area contributed by atoms with Gasteiger partial charge in [-0.05, 0) is 49.6 Å². The highest BCUT2D eigenvalue weighted by Crippen LogP contribution is 2.26. The lowest BCUT2D eigenvalue weighted by atomic mass is 9.94. The van der Waals surface area contributed by atoms with E-state index in [1.807, 2.05) is 24.7 Å². The van der Waals surface area contributed by atoms with Crippen LogP contribution < -0.4 is 0 Å². The molecular weight excluding hydrogens is 248 g/mol. The quantitative estimate of drug-likeness (QED) is 0.858. The molecule has 4 nitrogen and oxygen atoms in total. The molecule has 1 atom stereocenters. The van der Waals surface area contributed by atoms with Gasteiger partial charge >= 0.3 is 0 Å². The van der Waals surface area contributed by atoms with Crippen LogP contribution in [0.3, 0.4) is 0 Å². The van der Waals surface area contributed by atoms with Crippen LogP contribution in [-0.2, 0) is 6.54 Å². The second-order valence-electron chi connectivity index (χ2n) is 5.51. The fraction of sp³-hybridized carbons (Fsp3) is 0.438. The van der Waals surface area contributed by atoms with Crippen LogP contribution in [0.15, 0.2) is 37.1 Å². The Hall–Kier alpha value is -1.81. The molecule has 1 aliphatic heterocycles. The summed E-state index contributed by atoms with van der Waals surface area (Å²) in [6, 6.07) is 4.18. The third-order valence-electron chi connectivity index (χ3n) is 4.06. The lowest BCUT2D eigenvalue weighted by molar-refractivity contribution is 0.198. The lowest BCUT2D eigenvalue weighted by Gasteiger charge is -2.32. The van der Waals surface area contributed by atoms with E-state index in [1.54, 1.807) is 6.33 Å². The minimum atomic E-state index is 0.536. The molecular formula is C16H20N4. The van der Waals surface area contributed by atoms with Crippen molar-refractivity contribution in [3.63, 3.8) is 0 Å². The number of pyridine rings is 1. The first-order valence-corrected chi connectivity index (χ1v) is 7.20. The topological polar surface area (TPSA) is 41.9 Å². The molecule has 3 heterocycles. The second kappa shape index (κ2) is 6.09. The Balaban J connectivity index is 1.68. The summed E-state index contributed by atoms with van der Waals surface area (Å²) in [5.41, 5.74) is 3.83. The van der Waals surface area contributed by atoms with Crippen LogP contribution in [-0.4, -0.2) is 32.9 Å². The van der Waals surface area contributed by atoms with Crippen molar-refractivity contribution in [1.29, 1.82) is 0 Å². The van der Waals surface area contributed by atoms with E-state index >= 15 is 0 Å². The Labute approximate surface area is 119 Å². The number of likely N-dealkylation sites (tertiary alicyclic amines) is 1. The average molecular weight is 268 g/mol. The number of hydrogen-bond acceptors (Lipinski definition) is 4. The van der Waals surface area contributed by atoms with Gasteiger partial charge in [-0.15, -0.1) is 0 Å². The monoisotopic (exact) mass is 268 g/mol. The minimum absolute atomic E-state index is 0.536. The SMILES string of the molecule is Cc1cnccc1CN1CCC[C@H](c2ccncn2)C1. The Morgan fingerprint density at radius 2 is 2.15 bits per heavy atom. The van der Waals surface area contributed by atoms with Gasteiger partial charge in [0.15, 0.2) is 0 Å². The van der Waals surface area contributed by atoms with Gasteiger partial charge in [-0.25, -0.2) is 9.97 Å². The van der Waals surface area contributed by atoms with Gasteiger partial charge in [-0.1, -0.05) is 0 Å². The summed E-state index contributed by atoms with van der Waals surface area (Å²) in [6.45, 7) is 5.40. The minimum Gasteiger partial charge on any atom is -0.298 e. The van der Waals surface area contributed by atoms with E-state index in [0.29, 0.717) is 5.92 Å². The van der Waals surface area contributed by atoms with Gasteiger partial charge in [-0.2, -0.15) is 0 Å². The molecule has 104 valence electrons. The van der Waals surface area contributed by atoms with E-state index in [9.17, 15) is 0 Å². The van der Waals surface area contributed by atoms with E-state index in [4.69, 9.17) is 0 Å². The molecule has 0 radical (unpaired) electrons. The standard InChI is InChI=1S/C16H20N4/c1-13-9-17-6-4-14(13)10-20-8-2-3-15(11-20)16-5-7-18-12-19-16/h4-7,9,12,15H,2-3,8,10-11H2,1H3/t15-/m0/s1. The highest BCUT2D eigenvalue weighted by atomic mass is 15.1. The molecule has 0 aliphatic carbocycles. The molecule has 0 unspecified atom stereocenters.